The molecule has 0 bridgehead atoms. The Hall–Kier alpha value is -1.45. The number of carbonyl (C=O) groups excluding carboxylic acids is 3. The van der Waals surface area contributed by atoms with Crippen LogP contribution in [0.4, 0.5) is 0 Å². The van der Waals surface area contributed by atoms with Crippen molar-refractivity contribution in [1.82, 2.24) is 0 Å². The van der Waals surface area contributed by atoms with Gasteiger partial charge in [0.15, 0.2) is 0 Å². The Balaban J connectivity index is 3.99. The monoisotopic (exact) mass is 184 g/mol. The number of ether oxygens (including phenoxy) is 1. The Morgan fingerprint density at radius 3 is 2.23 bits per heavy atom. The first-order valence-electron chi connectivity index (χ1n) is 3.89. The highest BCUT2D eigenvalue weighted by Crippen LogP contribution is 2.00. The molecule has 0 rings (SSSR count). The number of hydrogen-bond donors (Lipinski definition) is 0. The highest BCUT2D eigenvalue weighted by molar-refractivity contribution is 6.01. The summed E-state index contributed by atoms with van der Waals surface area (Å²) in [5.74, 6) is -1.92. The molecule has 0 aliphatic carbocycles. The van der Waals surface area contributed by atoms with Gasteiger partial charge in [0.05, 0.1) is 0 Å². The SMILES string of the molecule is C=C(CC)C(=O)OC(=O)CC(C)=O. The predicted octanol–water partition coefficient (Wildman–Crippen LogP) is 1.00. The van der Waals surface area contributed by atoms with Crippen LogP contribution in [-0.4, -0.2) is 17.7 Å². The molecule has 0 fully saturated rings. The zero-order chi connectivity index (χ0) is 10.4. The quantitative estimate of drug-likeness (QED) is 0.371. The van der Waals surface area contributed by atoms with Gasteiger partial charge in [0, 0.05) is 5.57 Å². The third-order valence-corrected chi connectivity index (χ3v) is 1.32. The summed E-state index contributed by atoms with van der Waals surface area (Å²) in [4.78, 5) is 32.1. The van der Waals surface area contributed by atoms with Gasteiger partial charge in [-0.15, -0.1) is 0 Å². The topological polar surface area (TPSA) is 60.4 Å². The van der Waals surface area contributed by atoms with Gasteiger partial charge in [-0.3, -0.25) is 9.59 Å². The molecule has 0 aromatic carbocycles. The molecular weight excluding hydrogens is 172 g/mol. The third kappa shape index (κ3) is 4.90. The van der Waals surface area contributed by atoms with Crippen LogP contribution in [0.3, 0.4) is 0 Å². The van der Waals surface area contributed by atoms with Gasteiger partial charge >= 0.3 is 11.9 Å². The van der Waals surface area contributed by atoms with Crippen LogP contribution in [0, 0.1) is 0 Å². The Morgan fingerprint density at radius 2 is 1.85 bits per heavy atom. The van der Waals surface area contributed by atoms with Gasteiger partial charge in [0.25, 0.3) is 0 Å². The molecule has 0 heterocycles. The van der Waals surface area contributed by atoms with Gasteiger partial charge < -0.3 is 4.74 Å². The minimum Gasteiger partial charge on any atom is -0.389 e. The zero-order valence-electron chi connectivity index (χ0n) is 7.75. The van der Waals surface area contributed by atoms with E-state index in [4.69, 9.17) is 0 Å². The molecule has 0 unspecified atom stereocenters. The number of esters is 2. The molecule has 4 heteroatoms. The lowest BCUT2D eigenvalue weighted by Gasteiger charge is -2.01. The van der Waals surface area contributed by atoms with Crippen molar-refractivity contribution < 1.29 is 19.1 Å². The maximum atomic E-state index is 10.9. The average Bonchev–Trinajstić information content (AvgIpc) is 2.01. The number of Topliss-reactive ketones (excluding diaryl/α,β-unsaturated/α-hetero) is 1. The number of carbonyl (C=O) groups is 3. The van der Waals surface area contributed by atoms with Crippen LogP contribution >= 0.6 is 0 Å². The molecule has 0 aromatic heterocycles. The highest BCUT2D eigenvalue weighted by atomic mass is 16.6. The second-order valence-corrected chi connectivity index (χ2v) is 2.60. The Bertz CT molecular complexity index is 252. The lowest BCUT2D eigenvalue weighted by molar-refractivity contribution is -0.157. The van der Waals surface area contributed by atoms with Crippen LogP contribution in [-0.2, 0) is 19.1 Å². The normalized spacial score (nSPS) is 9.08. The third-order valence-electron chi connectivity index (χ3n) is 1.32. The molecule has 0 aliphatic heterocycles. The molecule has 0 saturated heterocycles. The van der Waals surface area contributed by atoms with E-state index in [1.165, 1.54) is 6.92 Å². The number of hydrogen-bond acceptors (Lipinski definition) is 4. The van der Waals surface area contributed by atoms with Crippen LogP contribution in [0.5, 0.6) is 0 Å². The Kier molecular flexibility index (Phi) is 4.66. The standard InChI is InChI=1S/C9H12O4/c1-4-6(2)9(12)13-8(11)5-7(3)10/h2,4-5H2,1,3H3. The van der Waals surface area contributed by atoms with Crippen LogP contribution in [0.25, 0.3) is 0 Å². The molecule has 0 aliphatic rings. The summed E-state index contributed by atoms with van der Waals surface area (Å²) < 4.78 is 4.32. The van der Waals surface area contributed by atoms with E-state index in [9.17, 15) is 14.4 Å². The molecule has 0 radical (unpaired) electrons. The van der Waals surface area contributed by atoms with Crippen molar-refractivity contribution in [1.29, 1.82) is 0 Å². The van der Waals surface area contributed by atoms with E-state index < -0.39 is 11.9 Å². The molecule has 0 atom stereocenters. The summed E-state index contributed by atoms with van der Waals surface area (Å²) in [5.41, 5.74) is 0.219. The van der Waals surface area contributed by atoms with E-state index in [1.807, 2.05) is 0 Å². The molecule has 0 aromatic rings. The summed E-state index contributed by atoms with van der Waals surface area (Å²) in [5, 5.41) is 0. The first-order valence-corrected chi connectivity index (χ1v) is 3.89. The summed E-state index contributed by atoms with van der Waals surface area (Å²) in [6, 6.07) is 0. The van der Waals surface area contributed by atoms with E-state index in [1.54, 1.807) is 6.92 Å². The molecule has 0 N–H and O–H groups in total. The summed E-state index contributed by atoms with van der Waals surface area (Å²) >= 11 is 0. The predicted molar refractivity (Wildman–Crippen MR) is 45.8 cm³/mol. The molecule has 4 nitrogen and oxygen atoms in total. The van der Waals surface area contributed by atoms with Crippen molar-refractivity contribution in [2.45, 2.75) is 26.7 Å². The summed E-state index contributed by atoms with van der Waals surface area (Å²) in [6.07, 6.45) is 0.0505. The zero-order valence-corrected chi connectivity index (χ0v) is 7.75. The fourth-order valence-electron chi connectivity index (χ4n) is 0.559. The summed E-state index contributed by atoms with van der Waals surface area (Å²) in [7, 11) is 0. The van der Waals surface area contributed by atoms with Gasteiger partial charge in [0.2, 0.25) is 0 Å². The molecule has 0 spiro atoms. The first-order chi connectivity index (χ1) is 5.97. The highest BCUT2D eigenvalue weighted by Gasteiger charge is 2.13. The van der Waals surface area contributed by atoms with Crippen LogP contribution < -0.4 is 0 Å². The fourth-order valence-corrected chi connectivity index (χ4v) is 0.559. The smallest absolute Gasteiger partial charge is 0.341 e. The van der Waals surface area contributed by atoms with E-state index in [0.717, 1.165) is 0 Å². The minimum absolute atomic E-state index is 0.219. The van der Waals surface area contributed by atoms with E-state index in [-0.39, 0.29) is 17.8 Å². The maximum absolute atomic E-state index is 10.9. The van der Waals surface area contributed by atoms with Gasteiger partial charge in [-0.25, -0.2) is 4.79 Å². The van der Waals surface area contributed by atoms with Crippen molar-refractivity contribution in [2.75, 3.05) is 0 Å². The molecule has 13 heavy (non-hydrogen) atoms. The van der Waals surface area contributed by atoms with Gasteiger partial charge in [-0.1, -0.05) is 13.5 Å². The first kappa shape index (κ1) is 11.6. The van der Waals surface area contributed by atoms with E-state index >= 15 is 0 Å². The molecule has 0 amide bonds. The van der Waals surface area contributed by atoms with E-state index in [2.05, 4.69) is 11.3 Å². The second-order valence-electron chi connectivity index (χ2n) is 2.60. The lowest BCUT2D eigenvalue weighted by Crippen LogP contribution is -2.15. The van der Waals surface area contributed by atoms with Crippen molar-refractivity contribution in [3.05, 3.63) is 12.2 Å². The van der Waals surface area contributed by atoms with Crippen molar-refractivity contribution in [3.8, 4) is 0 Å². The number of rotatable bonds is 4. The lowest BCUT2D eigenvalue weighted by atomic mass is 10.2. The van der Waals surface area contributed by atoms with Crippen molar-refractivity contribution in [2.24, 2.45) is 0 Å². The summed E-state index contributed by atoms with van der Waals surface area (Å²) in [6.45, 7) is 6.37. The Labute approximate surface area is 76.6 Å². The molecular formula is C9H12O4. The van der Waals surface area contributed by atoms with Crippen molar-refractivity contribution in [3.63, 3.8) is 0 Å². The average molecular weight is 184 g/mol. The van der Waals surface area contributed by atoms with Gasteiger partial charge in [-0.2, -0.15) is 0 Å². The number of ketones is 1. The maximum Gasteiger partial charge on any atom is 0.341 e. The molecule has 0 saturated carbocycles. The van der Waals surface area contributed by atoms with Crippen LogP contribution in [0.1, 0.15) is 26.7 Å². The van der Waals surface area contributed by atoms with Crippen molar-refractivity contribution >= 4 is 17.7 Å². The fraction of sp³-hybridized carbons (Fsp3) is 0.444. The minimum atomic E-state index is -0.827. The van der Waals surface area contributed by atoms with Crippen LogP contribution in [0.2, 0.25) is 0 Å². The molecule has 72 valence electrons. The van der Waals surface area contributed by atoms with Crippen LogP contribution in [0.15, 0.2) is 12.2 Å². The van der Waals surface area contributed by atoms with Gasteiger partial charge in [-0.05, 0) is 13.3 Å². The Morgan fingerprint density at radius 1 is 1.31 bits per heavy atom. The second kappa shape index (κ2) is 5.24. The van der Waals surface area contributed by atoms with E-state index in [0.29, 0.717) is 6.42 Å². The van der Waals surface area contributed by atoms with Gasteiger partial charge in [0.1, 0.15) is 12.2 Å². The largest absolute Gasteiger partial charge is 0.389 e.